The highest BCUT2D eigenvalue weighted by molar-refractivity contribution is 6.30. The molecule has 0 unspecified atom stereocenters. The average molecular weight is 323 g/mol. The minimum Gasteiger partial charge on any atom is -0.444 e. The van der Waals surface area contributed by atoms with Crippen LogP contribution in [0.25, 0.3) is 11.5 Å². The normalized spacial score (nSPS) is 11.0. The van der Waals surface area contributed by atoms with Crippen molar-refractivity contribution in [3.8, 4) is 11.5 Å². The first-order chi connectivity index (χ1) is 10.2. The monoisotopic (exact) mass is 322 g/mol. The van der Waals surface area contributed by atoms with Crippen LogP contribution in [0, 0.1) is 0 Å². The van der Waals surface area contributed by atoms with Gasteiger partial charge in [-0.15, -0.1) is 16.7 Å². The third kappa shape index (κ3) is 3.43. The van der Waals surface area contributed by atoms with Crippen LogP contribution in [0.5, 0.6) is 0 Å². The average Bonchev–Trinajstić information content (AvgIpc) is 3.11. The van der Waals surface area contributed by atoms with E-state index in [1.54, 1.807) is 23.1 Å². The highest BCUT2D eigenvalue weighted by Gasteiger charge is 2.08. The van der Waals surface area contributed by atoms with E-state index in [0.29, 0.717) is 29.8 Å². The molecule has 0 saturated heterocycles. The molecule has 0 bridgehead atoms. The summed E-state index contributed by atoms with van der Waals surface area (Å²) in [5, 5.41) is 8.75. The van der Waals surface area contributed by atoms with Gasteiger partial charge in [-0.25, -0.2) is 9.67 Å². The maximum atomic E-state index is 5.86. The van der Waals surface area contributed by atoms with Crippen LogP contribution in [-0.4, -0.2) is 25.9 Å². The van der Waals surface area contributed by atoms with E-state index in [4.69, 9.17) is 27.6 Å². The number of oxazole rings is 1. The number of benzene rings is 1. The highest BCUT2D eigenvalue weighted by Crippen LogP contribution is 2.21. The molecule has 3 rings (SSSR count). The summed E-state index contributed by atoms with van der Waals surface area (Å²) in [5.41, 5.74) is 2.53. The molecule has 0 fully saturated rings. The van der Waals surface area contributed by atoms with E-state index in [1.165, 1.54) is 0 Å². The summed E-state index contributed by atoms with van der Waals surface area (Å²) in [6.45, 7) is 0.506. The number of hydrogen-bond acceptors (Lipinski definition) is 4. The molecule has 0 aliphatic heterocycles. The van der Waals surface area contributed by atoms with Gasteiger partial charge in [-0.2, -0.15) is 0 Å². The summed E-state index contributed by atoms with van der Waals surface area (Å²) in [4.78, 5) is 4.44. The van der Waals surface area contributed by atoms with Gasteiger partial charge in [0.15, 0.2) is 0 Å². The number of halogens is 2. The highest BCUT2D eigenvalue weighted by atomic mass is 35.5. The molecule has 0 amide bonds. The molecule has 0 radical (unpaired) electrons. The van der Waals surface area contributed by atoms with Crippen LogP contribution < -0.4 is 0 Å². The molecular weight excluding hydrogens is 311 g/mol. The minimum atomic E-state index is 0.506. The molecule has 0 N–H and O–H groups in total. The van der Waals surface area contributed by atoms with Crippen molar-refractivity contribution >= 4 is 23.2 Å². The van der Waals surface area contributed by atoms with Crippen molar-refractivity contribution in [1.82, 2.24) is 20.0 Å². The smallest absolute Gasteiger partial charge is 0.226 e. The Labute approximate surface area is 131 Å². The predicted molar refractivity (Wildman–Crippen MR) is 80.5 cm³/mol. The number of rotatable bonds is 5. The summed E-state index contributed by atoms with van der Waals surface area (Å²) in [7, 11) is 0. The quantitative estimate of drug-likeness (QED) is 0.675. The van der Waals surface area contributed by atoms with Gasteiger partial charge in [0.1, 0.15) is 12.0 Å². The van der Waals surface area contributed by atoms with Gasteiger partial charge in [0.05, 0.1) is 12.2 Å². The fourth-order valence-electron chi connectivity index (χ4n) is 1.90. The van der Waals surface area contributed by atoms with Crippen LogP contribution >= 0.6 is 23.2 Å². The molecule has 0 saturated carbocycles. The Bertz CT molecular complexity index is 721. The van der Waals surface area contributed by atoms with E-state index < -0.39 is 0 Å². The lowest BCUT2D eigenvalue weighted by Crippen LogP contribution is -2.00. The lowest BCUT2D eigenvalue weighted by atomic mass is 10.2. The van der Waals surface area contributed by atoms with Gasteiger partial charge in [0.2, 0.25) is 5.89 Å². The first-order valence-corrected chi connectivity index (χ1v) is 7.31. The molecule has 0 aliphatic rings. The van der Waals surface area contributed by atoms with Gasteiger partial charge in [-0.1, -0.05) is 16.8 Å². The Morgan fingerprint density at radius 2 is 1.95 bits per heavy atom. The molecule has 5 nitrogen and oxygen atoms in total. The van der Waals surface area contributed by atoms with E-state index in [9.17, 15) is 0 Å². The molecule has 1 aromatic carbocycles. The number of alkyl halides is 1. The lowest BCUT2D eigenvalue weighted by molar-refractivity contribution is 0.568. The number of nitrogens with zero attached hydrogens (tertiary/aromatic N) is 4. The van der Waals surface area contributed by atoms with Gasteiger partial charge in [-0.05, 0) is 24.3 Å². The first kappa shape index (κ1) is 14.1. The number of aromatic nitrogens is 4. The van der Waals surface area contributed by atoms with Crippen LogP contribution in [0.1, 0.15) is 11.4 Å². The molecular formula is C14H12Cl2N4O. The second-order valence-corrected chi connectivity index (χ2v) is 5.31. The van der Waals surface area contributed by atoms with Crippen molar-refractivity contribution in [3.63, 3.8) is 0 Å². The van der Waals surface area contributed by atoms with E-state index in [0.717, 1.165) is 17.0 Å². The summed E-state index contributed by atoms with van der Waals surface area (Å²) < 4.78 is 7.19. The Hall–Kier alpha value is -1.85. The van der Waals surface area contributed by atoms with Crippen molar-refractivity contribution < 1.29 is 4.42 Å². The van der Waals surface area contributed by atoms with E-state index in [1.807, 2.05) is 18.3 Å². The van der Waals surface area contributed by atoms with Gasteiger partial charge in [-0.3, -0.25) is 0 Å². The van der Waals surface area contributed by atoms with Crippen LogP contribution in [0.15, 0.2) is 41.1 Å². The predicted octanol–water partition coefficient (Wildman–Crippen LogP) is 3.42. The third-order valence-corrected chi connectivity index (χ3v) is 3.34. The first-order valence-electron chi connectivity index (χ1n) is 6.40. The zero-order valence-corrected chi connectivity index (χ0v) is 12.6. The third-order valence-electron chi connectivity index (χ3n) is 2.90. The molecule has 108 valence electrons. The van der Waals surface area contributed by atoms with Crippen LogP contribution in [-0.2, 0) is 13.0 Å². The van der Waals surface area contributed by atoms with Crippen molar-refractivity contribution in [3.05, 3.63) is 53.1 Å². The fraction of sp³-hybridized carbons (Fsp3) is 0.214. The Balaban J connectivity index is 1.73. The zero-order chi connectivity index (χ0) is 14.7. The number of hydrogen-bond donors (Lipinski definition) is 0. The summed E-state index contributed by atoms with van der Waals surface area (Å²) in [6, 6.07) is 7.34. The Kier molecular flexibility index (Phi) is 4.22. The van der Waals surface area contributed by atoms with Crippen molar-refractivity contribution in [2.75, 3.05) is 5.88 Å². The largest absolute Gasteiger partial charge is 0.444 e. The SMILES string of the molecule is ClCCc1cn(Cc2coc(-c3ccc(Cl)cc3)n2)nn1. The molecule has 7 heteroatoms. The lowest BCUT2D eigenvalue weighted by Gasteiger charge is -1.95. The summed E-state index contributed by atoms with van der Waals surface area (Å²) in [5.74, 6) is 1.09. The molecule has 0 spiro atoms. The fourth-order valence-corrected chi connectivity index (χ4v) is 2.22. The summed E-state index contributed by atoms with van der Waals surface area (Å²) in [6.07, 6.45) is 4.18. The van der Waals surface area contributed by atoms with Crippen molar-refractivity contribution in [1.29, 1.82) is 0 Å². The standard InChI is InChI=1S/C14H12Cl2N4O/c15-6-5-12-7-20(19-18-12)8-13-9-21-14(17-13)10-1-3-11(16)4-2-10/h1-4,7,9H,5-6,8H2. The van der Waals surface area contributed by atoms with Crippen molar-refractivity contribution in [2.45, 2.75) is 13.0 Å². The minimum absolute atomic E-state index is 0.506. The van der Waals surface area contributed by atoms with Crippen LogP contribution in [0.2, 0.25) is 5.02 Å². The van der Waals surface area contributed by atoms with E-state index in [2.05, 4.69) is 15.3 Å². The van der Waals surface area contributed by atoms with Crippen LogP contribution in [0.4, 0.5) is 0 Å². The Morgan fingerprint density at radius 1 is 1.14 bits per heavy atom. The molecule has 2 heterocycles. The maximum absolute atomic E-state index is 5.86. The maximum Gasteiger partial charge on any atom is 0.226 e. The second kappa shape index (κ2) is 6.28. The number of aryl methyl sites for hydroxylation is 1. The van der Waals surface area contributed by atoms with Gasteiger partial charge < -0.3 is 4.42 Å². The van der Waals surface area contributed by atoms with E-state index in [-0.39, 0.29) is 0 Å². The molecule has 3 aromatic rings. The molecule has 0 atom stereocenters. The molecule has 21 heavy (non-hydrogen) atoms. The van der Waals surface area contributed by atoms with Gasteiger partial charge in [0.25, 0.3) is 0 Å². The topological polar surface area (TPSA) is 56.7 Å². The summed E-state index contributed by atoms with van der Waals surface area (Å²) >= 11 is 11.5. The van der Waals surface area contributed by atoms with Crippen molar-refractivity contribution in [2.24, 2.45) is 0 Å². The van der Waals surface area contributed by atoms with Gasteiger partial charge >= 0.3 is 0 Å². The Morgan fingerprint density at radius 3 is 2.71 bits per heavy atom. The van der Waals surface area contributed by atoms with Gasteiger partial charge in [0, 0.05) is 29.1 Å². The van der Waals surface area contributed by atoms with Crippen LogP contribution in [0.3, 0.4) is 0 Å². The molecule has 2 aromatic heterocycles. The molecule has 0 aliphatic carbocycles. The van der Waals surface area contributed by atoms with E-state index >= 15 is 0 Å². The zero-order valence-electron chi connectivity index (χ0n) is 11.0. The second-order valence-electron chi connectivity index (χ2n) is 4.50.